The summed E-state index contributed by atoms with van der Waals surface area (Å²) in [6.45, 7) is 2.11. The van der Waals surface area contributed by atoms with E-state index in [1.54, 1.807) is 23.1 Å². The molecule has 3 nitrogen and oxygen atoms in total. The number of nitrogens with zero attached hydrogens (tertiary/aromatic N) is 1. The number of thiazole rings is 1. The molecule has 110 valence electrons. The third-order valence-electron chi connectivity index (χ3n) is 3.56. The van der Waals surface area contributed by atoms with Crippen molar-refractivity contribution in [2.24, 2.45) is 0 Å². The van der Waals surface area contributed by atoms with Crippen molar-refractivity contribution in [3.63, 3.8) is 0 Å². The molecule has 1 aliphatic carbocycles. The zero-order valence-corrected chi connectivity index (χ0v) is 13.6. The Morgan fingerprint density at radius 1 is 1.38 bits per heavy atom. The third kappa shape index (κ3) is 3.66. The van der Waals surface area contributed by atoms with Crippen LogP contribution >= 0.6 is 23.1 Å². The molecule has 21 heavy (non-hydrogen) atoms. The number of hydrogen-bond acceptors (Lipinski definition) is 4. The van der Waals surface area contributed by atoms with E-state index in [2.05, 4.69) is 41.5 Å². The van der Waals surface area contributed by atoms with Gasteiger partial charge in [0.05, 0.1) is 12.1 Å². The highest BCUT2D eigenvalue weighted by molar-refractivity contribution is 8.00. The van der Waals surface area contributed by atoms with Crippen molar-refractivity contribution in [3.8, 4) is 0 Å². The Kier molecular flexibility index (Phi) is 4.60. The van der Waals surface area contributed by atoms with Crippen LogP contribution in [0.1, 0.15) is 23.7 Å². The maximum Gasteiger partial charge on any atom is 0.226 e. The summed E-state index contributed by atoms with van der Waals surface area (Å²) in [5.41, 5.74) is 3.60. The minimum atomic E-state index is 0.0751. The van der Waals surface area contributed by atoms with E-state index in [4.69, 9.17) is 0 Å². The summed E-state index contributed by atoms with van der Waals surface area (Å²) in [4.78, 5) is 16.6. The normalized spacial score (nSPS) is 14.1. The van der Waals surface area contributed by atoms with Gasteiger partial charge in [-0.3, -0.25) is 4.79 Å². The number of hydrogen-bond donors (Lipinski definition) is 1. The molecule has 0 radical (unpaired) electrons. The molecular formula is C16H18N2OS2. The van der Waals surface area contributed by atoms with Crippen molar-refractivity contribution in [2.75, 3.05) is 5.75 Å². The quantitative estimate of drug-likeness (QED) is 0.862. The van der Waals surface area contributed by atoms with Crippen molar-refractivity contribution in [3.05, 3.63) is 46.5 Å². The monoisotopic (exact) mass is 318 g/mol. The van der Waals surface area contributed by atoms with E-state index in [0.717, 1.165) is 28.6 Å². The summed E-state index contributed by atoms with van der Waals surface area (Å²) < 4.78 is 1.05. The summed E-state index contributed by atoms with van der Waals surface area (Å²) in [5.74, 6) is 1.09. The van der Waals surface area contributed by atoms with Crippen LogP contribution in [0.5, 0.6) is 0 Å². The standard InChI is InChI=1S/C16H18N2OS2/c1-2-20-16-18-14(10-21-16)9-15(19)17-13-7-11-5-3-4-6-12(11)8-13/h3-6,10,13H,2,7-9H2,1H3,(H,17,19). The molecular weight excluding hydrogens is 300 g/mol. The van der Waals surface area contributed by atoms with Gasteiger partial charge in [0.15, 0.2) is 0 Å². The predicted octanol–water partition coefficient (Wildman–Crippen LogP) is 3.08. The fourth-order valence-corrected chi connectivity index (χ4v) is 4.41. The van der Waals surface area contributed by atoms with Crippen LogP contribution in [0.25, 0.3) is 0 Å². The van der Waals surface area contributed by atoms with Crippen LogP contribution in [0.15, 0.2) is 34.0 Å². The van der Waals surface area contributed by atoms with E-state index in [9.17, 15) is 4.79 Å². The minimum Gasteiger partial charge on any atom is -0.352 e. The lowest BCUT2D eigenvalue weighted by molar-refractivity contribution is -0.121. The molecule has 1 N–H and O–H groups in total. The van der Waals surface area contributed by atoms with Gasteiger partial charge in [0, 0.05) is 11.4 Å². The smallest absolute Gasteiger partial charge is 0.226 e. The van der Waals surface area contributed by atoms with Crippen molar-refractivity contribution in [1.82, 2.24) is 10.3 Å². The molecule has 5 heteroatoms. The van der Waals surface area contributed by atoms with Crippen LogP contribution in [0.4, 0.5) is 0 Å². The van der Waals surface area contributed by atoms with Crippen molar-refractivity contribution >= 4 is 29.0 Å². The Balaban J connectivity index is 1.53. The molecule has 2 aromatic rings. The van der Waals surface area contributed by atoms with E-state index in [-0.39, 0.29) is 11.9 Å². The topological polar surface area (TPSA) is 42.0 Å². The molecule has 0 saturated heterocycles. The molecule has 1 aliphatic rings. The number of carbonyl (C=O) groups is 1. The fourth-order valence-electron chi connectivity index (χ4n) is 2.66. The van der Waals surface area contributed by atoms with Crippen LogP contribution in [-0.4, -0.2) is 22.7 Å². The van der Waals surface area contributed by atoms with Gasteiger partial charge in [0.2, 0.25) is 5.91 Å². The summed E-state index contributed by atoms with van der Waals surface area (Å²) in [6, 6.07) is 8.65. The molecule has 0 atom stereocenters. The van der Waals surface area contributed by atoms with Gasteiger partial charge in [-0.05, 0) is 29.7 Å². The molecule has 0 unspecified atom stereocenters. The molecule has 1 aromatic carbocycles. The lowest BCUT2D eigenvalue weighted by atomic mass is 10.1. The van der Waals surface area contributed by atoms with E-state index in [1.807, 2.05) is 5.38 Å². The van der Waals surface area contributed by atoms with Crippen molar-refractivity contribution in [1.29, 1.82) is 0 Å². The van der Waals surface area contributed by atoms with Crippen molar-refractivity contribution in [2.45, 2.75) is 36.6 Å². The zero-order valence-electron chi connectivity index (χ0n) is 12.0. The van der Waals surface area contributed by atoms with Gasteiger partial charge in [-0.25, -0.2) is 4.98 Å². The first-order valence-electron chi connectivity index (χ1n) is 7.18. The summed E-state index contributed by atoms with van der Waals surface area (Å²) in [6.07, 6.45) is 2.26. The molecule has 1 heterocycles. The number of thioether (sulfide) groups is 1. The molecule has 1 amide bonds. The van der Waals surface area contributed by atoms with Crippen LogP contribution in [0.3, 0.4) is 0 Å². The number of benzene rings is 1. The fraction of sp³-hybridized carbons (Fsp3) is 0.375. The third-order valence-corrected chi connectivity index (χ3v) is 5.51. The molecule has 0 spiro atoms. The number of aromatic nitrogens is 1. The van der Waals surface area contributed by atoms with Crippen LogP contribution < -0.4 is 5.32 Å². The first-order valence-corrected chi connectivity index (χ1v) is 9.04. The average molecular weight is 318 g/mol. The zero-order chi connectivity index (χ0) is 14.7. The Bertz CT molecular complexity index is 614. The Hall–Kier alpha value is -1.33. The second-order valence-corrected chi connectivity index (χ2v) is 7.53. The Morgan fingerprint density at radius 2 is 2.10 bits per heavy atom. The van der Waals surface area contributed by atoms with E-state index in [1.165, 1.54) is 11.1 Å². The molecule has 0 fully saturated rings. The molecule has 3 rings (SSSR count). The van der Waals surface area contributed by atoms with Gasteiger partial charge >= 0.3 is 0 Å². The Labute approximate surface area is 133 Å². The first kappa shape index (κ1) is 14.6. The van der Waals surface area contributed by atoms with E-state index in [0.29, 0.717) is 6.42 Å². The van der Waals surface area contributed by atoms with Gasteiger partial charge in [0.25, 0.3) is 0 Å². The molecule has 1 aromatic heterocycles. The van der Waals surface area contributed by atoms with Crippen molar-refractivity contribution < 1.29 is 4.79 Å². The SMILES string of the molecule is CCSc1nc(CC(=O)NC2Cc3ccccc3C2)cs1. The highest BCUT2D eigenvalue weighted by Crippen LogP contribution is 2.23. The first-order chi connectivity index (χ1) is 10.2. The number of fused-ring (bicyclic) bond motifs is 1. The maximum absolute atomic E-state index is 12.1. The maximum atomic E-state index is 12.1. The van der Waals surface area contributed by atoms with Gasteiger partial charge in [-0.15, -0.1) is 11.3 Å². The van der Waals surface area contributed by atoms with Crippen LogP contribution in [-0.2, 0) is 24.1 Å². The van der Waals surface area contributed by atoms with Gasteiger partial charge in [-0.2, -0.15) is 0 Å². The van der Waals surface area contributed by atoms with E-state index < -0.39 is 0 Å². The summed E-state index contributed by atoms with van der Waals surface area (Å²) >= 11 is 3.34. The highest BCUT2D eigenvalue weighted by atomic mass is 32.2. The minimum absolute atomic E-state index is 0.0751. The van der Waals surface area contributed by atoms with Gasteiger partial charge in [0.1, 0.15) is 4.34 Å². The number of amides is 1. The molecule has 0 bridgehead atoms. The molecule has 0 saturated carbocycles. The number of rotatable bonds is 5. The average Bonchev–Trinajstić information content (AvgIpc) is 3.05. The second-order valence-electron chi connectivity index (χ2n) is 5.16. The lowest BCUT2D eigenvalue weighted by Crippen LogP contribution is -2.36. The number of carbonyl (C=O) groups excluding carboxylic acids is 1. The summed E-state index contributed by atoms with van der Waals surface area (Å²) in [5, 5.41) is 5.12. The van der Waals surface area contributed by atoms with Gasteiger partial charge < -0.3 is 5.32 Å². The second kappa shape index (κ2) is 6.62. The molecule has 0 aliphatic heterocycles. The predicted molar refractivity (Wildman–Crippen MR) is 88.0 cm³/mol. The van der Waals surface area contributed by atoms with E-state index >= 15 is 0 Å². The largest absolute Gasteiger partial charge is 0.352 e. The highest BCUT2D eigenvalue weighted by Gasteiger charge is 2.22. The van der Waals surface area contributed by atoms with Crippen LogP contribution in [0.2, 0.25) is 0 Å². The van der Waals surface area contributed by atoms with Crippen LogP contribution in [0, 0.1) is 0 Å². The summed E-state index contributed by atoms with van der Waals surface area (Å²) in [7, 11) is 0. The Morgan fingerprint density at radius 3 is 2.76 bits per heavy atom. The number of nitrogens with one attached hydrogen (secondary N) is 1. The van der Waals surface area contributed by atoms with Gasteiger partial charge in [-0.1, -0.05) is 43.0 Å². The lowest BCUT2D eigenvalue weighted by Gasteiger charge is -2.11.